The smallest absolute Gasteiger partial charge is 0.129 e. The number of halogens is 3. The van der Waals surface area contributed by atoms with E-state index in [0.29, 0.717) is 5.02 Å². The molecule has 0 saturated heterocycles. The second-order valence-corrected chi connectivity index (χ2v) is 5.47. The molecule has 0 heterocycles. The maximum Gasteiger partial charge on any atom is 0.129 e. The van der Waals surface area contributed by atoms with Crippen molar-refractivity contribution in [2.75, 3.05) is 18.5 Å². The van der Waals surface area contributed by atoms with Crippen LogP contribution in [-0.2, 0) is 0 Å². The lowest BCUT2D eigenvalue weighted by molar-refractivity contribution is 0.125. The molecule has 23 heavy (non-hydrogen) atoms. The SMILES string of the molecule is NC(COc1cc(F)cc(F)c1)C(O)CNc1ccc(Cl)cc1. The Kier molecular flexibility index (Phi) is 6.15. The van der Waals surface area contributed by atoms with Gasteiger partial charge in [0, 0.05) is 35.5 Å². The van der Waals surface area contributed by atoms with Gasteiger partial charge in [-0.25, -0.2) is 8.78 Å². The lowest BCUT2D eigenvalue weighted by atomic mass is 10.2. The Morgan fingerprint density at radius 1 is 1.13 bits per heavy atom. The maximum absolute atomic E-state index is 13.0. The summed E-state index contributed by atoms with van der Waals surface area (Å²) in [6.07, 6.45) is -0.899. The third-order valence-electron chi connectivity index (χ3n) is 3.13. The molecule has 0 spiro atoms. The van der Waals surface area contributed by atoms with Crippen LogP contribution in [0.1, 0.15) is 0 Å². The maximum atomic E-state index is 13.0. The molecule has 0 aliphatic carbocycles. The van der Waals surface area contributed by atoms with Crippen molar-refractivity contribution in [2.24, 2.45) is 5.73 Å². The molecule has 0 amide bonds. The normalized spacial score (nSPS) is 13.4. The molecular formula is C16H17ClF2N2O2. The summed E-state index contributed by atoms with van der Waals surface area (Å²) in [6, 6.07) is 9.11. The van der Waals surface area contributed by atoms with E-state index >= 15 is 0 Å². The number of ether oxygens (including phenoxy) is 1. The fraction of sp³-hybridized carbons (Fsp3) is 0.250. The molecule has 4 nitrogen and oxygen atoms in total. The number of aliphatic hydroxyl groups is 1. The molecule has 0 fully saturated rings. The summed E-state index contributed by atoms with van der Waals surface area (Å²) in [5.74, 6) is -1.45. The van der Waals surface area contributed by atoms with E-state index in [2.05, 4.69) is 5.32 Å². The topological polar surface area (TPSA) is 67.5 Å². The lowest BCUT2D eigenvalue weighted by Gasteiger charge is -2.20. The molecule has 2 unspecified atom stereocenters. The van der Waals surface area contributed by atoms with Crippen LogP contribution in [-0.4, -0.2) is 30.4 Å². The summed E-state index contributed by atoms with van der Waals surface area (Å²) < 4.78 is 31.3. The summed E-state index contributed by atoms with van der Waals surface area (Å²) in [5.41, 5.74) is 6.59. The third kappa shape index (κ3) is 5.67. The predicted molar refractivity (Wildman–Crippen MR) is 85.8 cm³/mol. The van der Waals surface area contributed by atoms with Gasteiger partial charge in [0.25, 0.3) is 0 Å². The molecule has 2 atom stereocenters. The third-order valence-corrected chi connectivity index (χ3v) is 3.38. The second kappa shape index (κ2) is 8.10. The zero-order valence-electron chi connectivity index (χ0n) is 12.2. The van der Waals surface area contributed by atoms with Crippen molar-refractivity contribution >= 4 is 17.3 Å². The first kappa shape index (κ1) is 17.5. The first-order valence-electron chi connectivity index (χ1n) is 6.96. The van der Waals surface area contributed by atoms with E-state index in [9.17, 15) is 13.9 Å². The van der Waals surface area contributed by atoms with Gasteiger partial charge in [-0.15, -0.1) is 0 Å². The van der Waals surface area contributed by atoms with Crippen LogP contribution in [0, 0.1) is 11.6 Å². The fourth-order valence-electron chi connectivity index (χ4n) is 1.86. The summed E-state index contributed by atoms with van der Waals surface area (Å²) in [4.78, 5) is 0. The highest BCUT2D eigenvalue weighted by Gasteiger charge is 2.16. The first-order valence-corrected chi connectivity index (χ1v) is 7.34. The van der Waals surface area contributed by atoms with Crippen molar-refractivity contribution in [2.45, 2.75) is 12.1 Å². The van der Waals surface area contributed by atoms with E-state index in [0.717, 1.165) is 23.9 Å². The van der Waals surface area contributed by atoms with Crippen LogP contribution >= 0.6 is 11.6 Å². The van der Waals surface area contributed by atoms with E-state index in [1.165, 1.54) is 0 Å². The Balaban J connectivity index is 1.80. The average molecular weight is 343 g/mol. The number of hydrogen-bond acceptors (Lipinski definition) is 4. The Morgan fingerprint density at radius 2 is 1.74 bits per heavy atom. The van der Waals surface area contributed by atoms with E-state index in [1.807, 2.05) is 0 Å². The van der Waals surface area contributed by atoms with Crippen molar-refractivity contribution in [1.82, 2.24) is 0 Å². The fourth-order valence-corrected chi connectivity index (χ4v) is 1.98. The van der Waals surface area contributed by atoms with E-state index in [-0.39, 0.29) is 18.9 Å². The predicted octanol–water partition coefficient (Wildman–Crippen LogP) is 2.80. The number of anilines is 1. The minimum Gasteiger partial charge on any atom is -0.492 e. The standard InChI is InChI=1S/C16H17ClF2N2O2/c17-10-1-3-13(4-2-10)21-8-16(22)15(20)9-23-14-6-11(18)5-12(19)7-14/h1-7,15-16,21-22H,8-9,20H2. The number of rotatable bonds is 7. The molecule has 7 heteroatoms. The Bertz CT molecular complexity index is 620. The molecule has 2 aromatic rings. The van der Waals surface area contributed by atoms with Crippen LogP contribution in [0.5, 0.6) is 5.75 Å². The lowest BCUT2D eigenvalue weighted by Crippen LogP contribution is -2.43. The van der Waals surface area contributed by atoms with Gasteiger partial charge in [-0.1, -0.05) is 11.6 Å². The summed E-state index contributed by atoms with van der Waals surface area (Å²) >= 11 is 5.78. The molecule has 0 radical (unpaired) electrons. The highest BCUT2D eigenvalue weighted by molar-refractivity contribution is 6.30. The van der Waals surface area contributed by atoms with Crippen LogP contribution in [0.15, 0.2) is 42.5 Å². The number of nitrogens with one attached hydrogen (secondary N) is 1. The highest BCUT2D eigenvalue weighted by Crippen LogP contribution is 2.16. The van der Waals surface area contributed by atoms with E-state index in [1.54, 1.807) is 24.3 Å². The van der Waals surface area contributed by atoms with Gasteiger partial charge in [0.1, 0.15) is 24.0 Å². The van der Waals surface area contributed by atoms with Crippen LogP contribution in [0.4, 0.5) is 14.5 Å². The van der Waals surface area contributed by atoms with E-state index < -0.39 is 23.8 Å². The average Bonchev–Trinajstić information content (AvgIpc) is 2.51. The monoisotopic (exact) mass is 342 g/mol. The van der Waals surface area contributed by atoms with Crippen LogP contribution < -0.4 is 15.8 Å². The molecule has 0 aliphatic heterocycles. The second-order valence-electron chi connectivity index (χ2n) is 5.04. The van der Waals surface area contributed by atoms with Crippen molar-refractivity contribution in [3.63, 3.8) is 0 Å². The van der Waals surface area contributed by atoms with Gasteiger partial charge >= 0.3 is 0 Å². The van der Waals surface area contributed by atoms with Gasteiger partial charge in [0.2, 0.25) is 0 Å². The highest BCUT2D eigenvalue weighted by atomic mass is 35.5. The summed E-state index contributed by atoms with van der Waals surface area (Å²) in [5, 5.41) is 13.6. The quantitative estimate of drug-likeness (QED) is 0.724. The van der Waals surface area contributed by atoms with Gasteiger partial charge in [-0.05, 0) is 24.3 Å². The van der Waals surface area contributed by atoms with Gasteiger partial charge in [-0.3, -0.25) is 0 Å². The van der Waals surface area contributed by atoms with Crippen LogP contribution in [0.25, 0.3) is 0 Å². The van der Waals surface area contributed by atoms with Crippen molar-refractivity contribution in [3.8, 4) is 5.75 Å². The van der Waals surface area contributed by atoms with Crippen molar-refractivity contribution in [1.29, 1.82) is 0 Å². The van der Waals surface area contributed by atoms with Gasteiger partial charge in [0.05, 0.1) is 12.1 Å². The Labute approximate surface area is 137 Å². The van der Waals surface area contributed by atoms with Crippen molar-refractivity contribution < 1.29 is 18.6 Å². The molecule has 124 valence electrons. The molecule has 4 N–H and O–H groups in total. The van der Waals surface area contributed by atoms with Crippen molar-refractivity contribution in [3.05, 3.63) is 59.1 Å². The minimum absolute atomic E-state index is 0.0239. The molecule has 0 saturated carbocycles. The first-order chi connectivity index (χ1) is 10.9. The molecule has 0 bridgehead atoms. The van der Waals surface area contributed by atoms with Gasteiger partial charge in [0.15, 0.2) is 0 Å². The van der Waals surface area contributed by atoms with Crippen LogP contribution in [0.3, 0.4) is 0 Å². The number of benzene rings is 2. The van der Waals surface area contributed by atoms with Gasteiger partial charge in [-0.2, -0.15) is 0 Å². The molecular weight excluding hydrogens is 326 g/mol. The Morgan fingerprint density at radius 3 is 2.35 bits per heavy atom. The summed E-state index contributed by atoms with van der Waals surface area (Å²) in [6.45, 7) is 0.121. The van der Waals surface area contributed by atoms with E-state index in [4.69, 9.17) is 22.1 Å². The number of nitrogens with two attached hydrogens (primary N) is 1. The zero-order chi connectivity index (χ0) is 16.8. The minimum atomic E-state index is -0.899. The zero-order valence-corrected chi connectivity index (χ0v) is 12.9. The van der Waals surface area contributed by atoms with Gasteiger partial charge < -0.3 is 20.9 Å². The molecule has 0 aliphatic rings. The largest absolute Gasteiger partial charge is 0.492 e. The number of aliphatic hydroxyl groups excluding tert-OH is 1. The molecule has 0 aromatic heterocycles. The van der Waals surface area contributed by atoms with Crippen LogP contribution in [0.2, 0.25) is 5.02 Å². The molecule has 2 aromatic carbocycles. The summed E-state index contributed by atoms with van der Waals surface area (Å²) in [7, 11) is 0. The number of hydrogen-bond donors (Lipinski definition) is 3. The Hall–Kier alpha value is -1.89. The molecule has 2 rings (SSSR count).